The lowest BCUT2D eigenvalue weighted by atomic mass is 11.8. The molecule has 0 N–H and O–H groups in total. The molecule has 0 unspecified atom stereocenters. The summed E-state index contributed by atoms with van der Waals surface area (Å²) in [6.45, 7) is 19.9. The van der Waals surface area contributed by atoms with Crippen molar-refractivity contribution < 1.29 is 24.7 Å². The van der Waals surface area contributed by atoms with Crippen LogP contribution in [-0.2, 0) is 24.7 Å². The Morgan fingerprint density at radius 1 is 0.625 bits per heavy atom. The summed E-state index contributed by atoms with van der Waals surface area (Å²) in [6.07, 6.45) is 0. The summed E-state index contributed by atoms with van der Waals surface area (Å²) in [6, 6.07) is 0. The summed E-state index contributed by atoms with van der Waals surface area (Å²) in [4.78, 5) is 0. The molecular formula is C10H30Cl2O6Si6. The molecule has 0 saturated carbocycles. The Labute approximate surface area is 161 Å². The van der Waals surface area contributed by atoms with Gasteiger partial charge in [-0.25, -0.2) is 0 Å². The molecule has 6 nitrogen and oxygen atoms in total. The highest BCUT2D eigenvalue weighted by Crippen LogP contribution is 2.37. The molecule has 0 aromatic heterocycles. The van der Waals surface area contributed by atoms with E-state index in [0.717, 1.165) is 0 Å². The van der Waals surface area contributed by atoms with Gasteiger partial charge in [0.15, 0.2) is 16.6 Å². The van der Waals surface area contributed by atoms with Gasteiger partial charge in [-0.15, -0.1) is 0 Å². The molecule has 0 spiro atoms. The van der Waals surface area contributed by atoms with E-state index in [2.05, 4.69) is 0 Å². The Morgan fingerprint density at radius 3 is 1.38 bits per heavy atom. The molecule has 0 aromatic carbocycles. The second kappa shape index (κ2) is 7.23. The van der Waals surface area contributed by atoms with Gasteiger partial charge in [0.05, 0.1) is 0 Å². The minimum Gasteiger partial charge on any atom is -0.416 e. The van der Waals surface area contributed by atoms with Crippen molar-refractivity contribution >= 4 is 72.1 Å². The number of hydrogen-bond acceptors (Lipinski definition) is 6. The molecule has 0 aromatic rings. The van der Waals surface area contributed by atoms with Gasteiger partial charge in [0.1, 0.15) is 0 Å². The fourth-order valence-electron chi connectivity index (χ4n) is 2.26. The zero-order valence-electron chi connectivity index (χ0n) is 16.2. The normalized spacial score (nSPS) is 26.5. The zero-order valence-corrected chi connectivity index (χ0v) is 23.7. The van der Waals surface area contributed by atoms with E-state index < -0.39 is 50.0 Å². The molecule has 0 amide bonds. The number of halogens is 2. The van der Waals surface area contributed by atoms with Crippen molar-refractivity contribution in [2.45, 2.75) is 65.5 Å². The summed E-state index contributed by atoms with van der Waals surface area (Å²) in [7, 11) is -16.6. The van der Waals surface area contributed by atoms with E-state index >= 15 is 0 Å². The average molecular weight is 486 g/mol. The van der Waals surface area contributed by atoms with Gasteiger partial charge in [-0.05, 0) is 65.5 Å². The first kappa shape index (κ1) is 23.7. The molecule has 0 atom stereocenters. The van der Waals surface area contributed by atoms with Crippen LogP contribution in [0.1, 0.15) is 0 Å². The quantitative estimate of drug-likeness (QED) is 0.431. The van der Waals surface area contributed by atoms with Crippen LogP contribution >= 0.6 is 22.2 Å². The van der Waals surface area contributed by atoms with Crippen molar-refractivity contribution in [3.8, 4) is 0 Å². The summed E-state index contributed by atoms with van der Waals surface area (Å²) in [5.74, 6) is 0. The van der Waals surface area contributed by atoms with Crippen molar-refractivity contribution in [1.29, 1.82) is 0 Å². The summed E-state index contributed by atoms with van der Waals surface area (Å²) in [5, 5.41) is 0. The fourth-order valence-corrected chi connectivity index (χ4v) is 28.8. The van der Waals surface area contributed by atoms with Gasteiger partial charge in [0.25, 0.3) is 0 Å². The Bertz CT molecular complexity index is 424. The van der Waals surface area contributed by atoms with Crippen molar-refractivity contribution in [2.24, 2.45) is 0 Å². The van der Waals surface area contributed by atoms with Gasteiger partial charge in [-0.2, -0.15) is 0 Å². The zero-order chi connectivity index (χ0) is 19.2. The van der Waals surface area contributed by atoms with Gasteiger partial charge in [-0.1, -0.05) is 22.2 Å². The Kier molecular flexibility index (Phi) is 7.13. The fraction of sp³-hybridized carbons (Fsp3) is 1.00. The van der Waals surface area contributed by atoms with Crippen LogP contribution in [0.2, 0.25) is 65.5 Å². The Morgan fingerprint density at radius 2 is 1.00 bits per heavy atom. The highest BCUT2D eigenvalue weighted by atomic mass is 35.7. The lowest BCUT2D eigenvalue weighted by Gasteiger charge is -2.47. The summed E-state index contributed by atoms with van der Waals surface area (Å²) < 4.78 is 37.2. The van der Waals surface area contributed by atoms with Gasteiger partial charge < -0.3 is 24.7 Å². The van der Waals surface area contributed by atoms with E-state index in [9.17, 15) is 0 Å². The predicted octanol–water partition coefficient (Wildman–Crippen LogP) is 4.52. The van der Waals surface area contributed by atoms with E-state index in [-0.39, 0.29) is 0 Å². The van der Waals surface area contributed by atoms with Gasteiger partial charge in [0, 0.05) is 0 Å². The summed E-state index contributed by atoms with van der Waals surface area (Å²) >= 11 is 12.8. The first-order chi connectivity index (χ1) is 10.2. The van der Waals surface area contributed by atoms with Gasteiger partial charge in [0.2, 0.25) is 0 Å². The predicted molar refractivity (Wildman–Crippen MR) is 111 cm³/mol. The molecule has 0 aliphatic carbocycles. The van der Waals surface area contributed by atoms with E-state index in [1.807, 2.05) is 65.5 Å². The molecule has 24 heavy (non-hydrogen) atoms. The highest BCUT2D eigenvalue weighted by molar-refractivity contribution is 7.41. The minimum atomic E-state index is -3.61. The van der Waals surface area contributed by atoms with E-state index in [1.54, 1.807) is 0 Å². The van der Waals surface area contributed by atoms with Crippen molar-refractivity contribution in [3.63, 3.8) is 0 Å². The smallest absolute Gasteiger partial charge is 0.416 e. The largest absolute Gasteiger partial charge is 0.641 e. The topological polar surface area (TPSA) is 55.4 Å². The molecule has 1 rings (SSSR count). The van der Waals surface area contributed by atoms with Crippen molar-refractivity contribution in [2.75, 3.05) is 0 Å². The van der Waals surface area contributed by atoms with Gasteiger partial charge >= 0.3 is 33.4 Å². The van der Waals surface area contributed by atoms with Crippen LogP contribution in [0.5, 0.6) is 0 Å². The van der Waals surface area contributed by atoms with Gasteiger partial charge in [-0.3, -0.25) is 0 Å². The maximum absolute atomic E-state index is 6.42. The van der Waals surface area contributed by atoms with E-state index in [0.29, 0.717) is 0 Å². The number of hydrogen-bond donors (Lipinski definition) is 0. The van der Waals surface area contributed by atoms with Crippen molar-refractivity contribution in [1.82, 2.24) is 0 Å². The first-order valence-electron chi connectivity index (χ1n) is 7.83. The molecular weight excluding hydrogens is 456 g/mol. The first-order valence-corrected chi connectivity index (χ1v) is 25.8. The third-order valence-corrected chi connectivity index (χ3v) is 23.8. The molecule has 1 heterocycles. The summed E-state index contributed by atoms with van der Waals surface area (Å²) in [5.41, 5.74) is 0. The Balaban J connectivity index is 3.36. The molecule has 1 saturated heterocycles. The van der Waals surface area contributed by atoms with E-state index in [1.165, 1.54) is 0 Å². The van der Waals surface area contributed by atoms with Crippen LogP contribution in [0.25, 0.3) is 0 Å². The third kappa shape index (κ3) is 8.55. The monoisotopic (exact) mass is 484 g/mol. The van der Waals surface area contributed by atoms with Crippen LogP contribution in [-0.4, -0.2) is 50.0 Å². The molecule has 144 valence electrons. The van der Waals surface area contributed by atoms with Crippen LogP contribution < -0.4 is 0 Å². The van der Waals surface area contributed by atoms with Crippen LogP contribution in [0.4, 0.5) is 0 Å². The maximum Gasteiger partial charge on any atom is 0.641 e. The Hall–Kier alpha value is 1.64. The minimum absolute atomic E-state index is 1.88. The molecule has 1 aliphatic rings. The second-order valence-electron chi connectivity index (χ2n) is 8.60. The maximum atomic E-state index is 6.42. The lowest BCUT2D eigenvalue weighted by molar-refractivity contribution is 0.114. The average Bonchev–Trinajstić information content (AvgIpc) is 1.98. The SMILES string of the molecule is C[Si](C)(C)O[Si]1(O[Si](C)(C)C)O[Si](C)(C)O[Si](C)(C)O[Si](Cl)(Cl)O1. The molecule has 14 heteroatoms. The van der Waals surface area contributed by atoms with Crippen LogP contribution in [0.15, 0.2) is 0 Å². The molecule has 0 bridgehead atoms. The van der Waals surface area contributed by atoms with Crippen molar-refractivity contribution in [3.05, 3.63) is 0 Å². The van der Waals surface area contributed by atoms with Crippen LogP contribution in [0, 0.1) is 0 Å². The third-order valence-electron chi connectivity index (χ3n) is 2.33. The second-order valence-corrected chi connectivity index (χ2v) is 33.0. The molecule has 0 radical (unpaired) electrons. The lowest BCUT2D eigenvalue weighted by Crippen LogP contribution is -2.70. The number of rotatable bonds is 4. The van der Waals surface area contributed by atoms with Crippen LogP contribution in [0.3, 0.4) is 0 Å². The molecule has 1 aliphatic heterocycles. The van der Waals surface area contributed by atoms with E-state index in [4.69, 9.17) is 46.8 Å². The molecule has 1 fully saturated rings. The standard InChI is InChI=1S/C10H30Cl2O6Si6/c1-19(2,3)13-24(14-20(4,5)6)17-22(9,10)15-21(7,8)16-23(11,12)18-24/h1-10H3. The highest BCUT2D eigenvalue weighted by Gasteiger charge is 2.64.